The summed E-state index contributed by atoms with van der Waals surface area (Å²) in [5, 5.41) is 5.10. The van der Waals surface area contributed by atoms with Crippen LogP contribution in [0, 0.1) is 12.8 Å². The summed E-state index contributed by atoms with van der Waals surface area (Å²) in [4.78, 5) is 2.48. The summed E-state index contributed by atoms with van der Waals surface area (Å²) in [5.74, 6) is 1.35. The first-order valence-corrected chi connectivity index (χ1v) is 7.04. The zero-order valence-electron chi connectivity index (χ0n) is 11.5. The van der Waals surface area contributed by atoms with Gasteiger partial charge >= 0.3 is 0 Å². The second-order valence-corrected chi connectivity index (χ2v) is 5.78. The zero-order valence-corrected chi connectivity index (χ0v) is 12.4. The number of halogens is 1. The standard InChI is InChI=1S/C15H18N2O2.ClH/c1-10-2-3-13-12(8-10)15(16-19-13)18-14-9-17-6-4-11(14)5-7-17;/h2-3,8,11,14H,4-7,9H2,1H3;1H. The van der Waals surface area contributed by atoms with Gasteiger partial charge in [-0.2, -0.15) is 0 Å². The van der Waals surface area contributed by atoms with E-state index in [2.05, 4.69) is 23.0 Å². The number of hydrogen-bond donors (Lipinski definition) is 0. The molecule has 0 spiro atoms. The molecule has 20 heavy (non-hydrogen) atoms. The number of aryl methyl sites for hydroxylation is 1. The van der Waals surface area contributed by atoms with Crippen LogP contribution in [0.4, 0.5) is 0 Å². The molecule has 108 valence electrons. The molecule has 1 unspecified atom stereocenters. The Balaban J connectivity index is 0.00000121. The molecule has 3 fully saturated rings. The number of hydrogen-bond acceptors (Lipinski definition) is 4. The Labute approximate surface area is 124 Å². The molecule has 4 heterocycles. The van der Waals surface area contributed by atoms with Crippen LogP contribution in [0.3, 0.4) is 0 Å². The highest BCUT2D eigenvalue weighted by atomic mass is 35.5. The molecule has 0 saturated carbocycles. The van der Waals surface area contributed by atoms with Gasteiger partial charge in [-0.3, -0.25) is 4.90 Å². The van der Waals surface area contributed by atoms with E-state index in [1.165, 1.54) is 31.5 Å². The van der Waals surface area contributed by atoms with Crippen molar-refractivity contribution in [2.45, 2.75) is 25.9 Å². The van der Waals surface area contributed by atoms with Gasteiger partial charge in [0, 0.05) is 6.54 Å². The Morgan fingerprint density at radius 2 is 2.10 bits per heavy atom. The van der Waals surface area contributed by atoms with Crippen molar-refractivity contribution in [2.75, 3.05) is 19.6 Å². The molecular weight excluding hydrogens is 276 g/mol. The summed E-state index contributed by atoms with van der Waals surface area (Å²) in [6.45, 7) is 5.56. The Morgan fingerprint density at radius 3 is 2.80 bits per heavy atom. The minimum absolute atomic E-state index is 0. The van der Waals surface area contributed by atoms with Crippen LogP contribution in [0.1, 0.15) is 18.4 Å². The Hall–Kier alpha value is -1.26. The van der Waals surface area contributed by atoms with E-state index in [0.29, 0.717) is 11.8 Å². The average molecular weight is 295 g/mol. The summed E-state index contributed by atoms with van der Waals surface area (Å²) in [6, 6.07) is 6.08. The van der Waals surface area contributed by atoms with E-state index in [0.717, 1.165) is 17.5 Å². The van der Waals surface area contributed by atoms with E-state index in [1.807, 2.05) is 12.1 Å². The van der Waals surface area contributed by atoms with Gasteiger partial charge in [-0.25, -0.2) is 0 Å². The lowest BCUT2D eigenvalue weighted by Gasteiger charge is -2.43. The topological polar surface area (TPSA) is 38.5 Å². The molecule has 0 amide bonds. The fourth-order valence-corrected chi connectivity index (χ4v) is 3.30. The third kappa shape index (κ3) is 2.27. The lowest BCUT2D eigenvalue weighted by Crippen LogP contribution is -2.52. The van der Waals surface area contributed by atoms with Crippen molar-refractivity contribution in [1.29, 1.82) is 0 Å². The molecule has 3 aliphatic rings. The summed E-state index contributed by atoms with van der Waals surface area (Å²) in [5.41, 5.74) is 2.01. The van der Waals surface area contributed by atoms with Gasteiger partial charge in [-0.15, -0.1) is 12.4 Å². The Morgan fingerprint density at radius 1 is 1.30 bits per heavy atom. The molecule has 0 radical (unpaired) electrons. The van der Waals surface area contributed by atoms with Crippen molar-refractivity contribution in [1.82, 2.24) is 10.1 Å². The van der Waals surface area contributed by atoms with Crippen LogP contribution in [-0.2, 0) is 0 Å². The van der Waals surface area contributed by atoms with Crippen LogP contribution in [0.25, 0.3) is 11.0 Å². The van der Waals surface area contributed by atoms with Gasteiger partial charge in [-0.1, -0.05) is 11.6 Å². The van der Waals surface area contributed by atoms with Gasteiger partial charge in [0.1, 0.15) is 6.10 Å². The highest BCUT2D eigenvalue weighted by Crippen LogP contribution is 2.33. The number of rotatable bonds is 2. The molecule has 0 aliphatic carbocycles. The van der Waals surface area contributed by atoms with Crippen LogP contribution >= 0.6 is 12.4 Å². The molecule has 5 heteroatoms. The Kier molecular flexibility index (Phi) is 3.61. The SMILES string of the molecule is Cc1ccc2onc(OC3CN4CCC3CC4)c2c1.Cl. The number of nitrogens with zero attached hydrogens (tertiary/aromatic N) is 2. The van der Waals surface area contributed by atoms with Crippen LogP contribution in [0.15, 0.2) is 22.7 Å². The lowest BCUT2D eigenvalue weighted by molar-refractivity contribution is -0.0106. The molecule has 1 aromatic heterocycles. The van der Waals surface area contributed by atoms with Crippen molar-refractivity contribution in [2.24, 2.45) is 5.92 Å². The molecule has 2 bridgehead atoms. The van der Waals surface area contributed by atoms with Gasteiger partial charge in [0.05, 0.1) is 5.39 Å². The molecular formula is C15H19ClN2O2. The predicted molar refractivity (Wildman–Crippen MR) is 79.6 cm³/mol. The van der Waals surface area contributed by atoms with E-state index in [1.54, 1.807) is 0 Å². The summed E-state index contributed by atoms with van der Waals surface area (Å²) < 4.78 is 11.5. The average Bonchev–Trinajstić information content (AvgIpc) is 2.83. The van der Waals surface area contributed by atoms with Crippen molar-refractivity contribution in [3.63, 3.8) is 0 Å². The molecule has 3 saturated heterocycles. The first kappa shape index (κ1) is 13.7. The third-order valence-electron chi connectivity index (χ3n) is 4.45. The second kappa shape index (κ2) is 5.26. The number of piperidine rings is 3. The van der Waals surface area contributed by atoms with Gasteiger partial charge < -0.3 is 9.26 Å². The van der Waals surface area contributed by atoms with Gasteiger partial charge in [0.2, 0.25) is 0 Å². The number of fused-ring (bicyclic) bond motifs is 4. The minimum Gasteiger partial charge on any atom is -0.470 e. The lowest BCUT2D eigenvalue weighted by atomic mass is 9.86. The molecule has 2 aromatic rings. The third-order valence-corrected chi connectivity index (χ3v) is 4.45. The van der Waals surface area contributed by atoms with E-state index < -0.39 is 0 Å². The van der Waals surface area contributed by atoms with Gasteiger partial charge in [-0.05, 0) is 56.1 Å². The van der Waals surface area contributed by atoms with Crippen LogP contribution in [0.5, 0.6) is 5.88 Å². The summed E-state index contributed by atoms with van der Waals surface area (Å²) in [7, 11) is 0. The quantitative estimate of drug-likeness (QED) is 0.853. The van der Waals surface area contributed by atoms with Gasteiger partial charge in [0.25, 0.3) is 5.88 Å². The van der Waals surface area contributed by atoms with E-state index in [4.69, 9.17) is 9.26 Å². The molecule has 0 N–H and O–H groups in total. The smallest absolute Gasteiger partial charge is 0.262 e. The van der Waals surface area contributed by atoms with E-state index in [9.17, 15) is 0 Å². The number of ether oxygens (including phenoxy) is 1. The maximum atomic E-state index is 6.15. The second-order valence-electron chi connectivity index (χ2n) is 5.78. The predicted octanol–water partition coefficient (Wildman–Crippen LogP) is 3.03. The highest BCUT2D eigenvalue weighted by Gasteiger charge is 2.36. The number of aromatic nitrogens is 1. The van der Waals surface area contributed by atoms with Crippen molar-refractivity contribution in [3.05, 3.63) is 23.8 Å². The maximum absolute atomic E-state index is 6.15. The van der Waals surface area contributed by atoms with Crippen LogP contribution in [0.2, 0.25) is 0 Å². The van der Waals surface area contributed by atoms with Crippen molar-refractivity contribution < 1.29 is 9.26 Å². The first-order chi connectivity index (χ1) is 9.29. The van der Waals surface area contributed by atoms with E-state index in [-0.39, 0.29) is 18.5 Å². The van der Waals surface area contributed by atoms with Gasteiger partial charge in [0.15, 0.2) is 5.58 Å². The first-order valence-electron chi connectivity index (χ1n) is 7.04. The normalized spacial score (nSPS) is 28.4. The van der Waals surface area contributed by atoms with Crippen LogP contribution < -0.4 is 4.74 Å². The monoisotopic (exact) mass is 294 g/mol. The Bertz CT molecular complexity index is 605. The minimum atomic E-state index is 0. The number of benzene rings is 1. The largest absolute Gasteiger partial charge is 0.470 e. The molecule has 3 aliphatic heterocycles. The summed E-state index contributed by atoms with van der Waals surface area (Å²) in [6.07, 6.45) is 2.77. The van der Waals surface area contributed by atoms with Crippen molar-refractivity contribution in [3.8, 4) is 5.88 Å². The molecule has 5 rings (SSSR count). The summed E-state index contributed by atoms with van der Waals surface area (Å²) >= 11 is 0. The zero-order chi connectivity index (χ0) is 12.8. The molecule has 4 nitrogen and oxygen atoms in total. The molecule has 1 aromatic carbocycles. The highest BCUT2D eigenvalue weighted by molar-refractivity contribution is 5.85. The van der Waals surface area contributed by atoms with Crippen molar-refractivity contribution >= 4 is 23.4 Å². The molecule has 1 atom stereocenters. The van der Waals surface area contributed by atoms with Crippen LogP contribution in [-0.4, -0.2) is 35.8 Å². The fraction of sp³-hybridized carbons (Fsp3) is 0.533. The maximum Gasteiger partial charge on any atom is 0.262 e. The fourth-order valence-electron chi connectivity index (χ4n) is 3.30. The van der Waals surface area contributed by atoms with E-state index >= 15 is 0 Å².